The molecule has 0 aromatic heterocycles. The summed E-state index contributed by atoms with van der Waals surface area (Å²) in [6.07, 6.45) is -1.96. The lowest BCUT2D eigenvalue weighted by atomic mass is 9.85. The van der Waals surface area contributed by atoms with Crippen molar-refractivity contribution in [3.8, 4) is 0 Å². The SMILES string of the molecule is CCCN1CCC2(CCN(C(=O)Cc3ccc(C(F)(F)F)cc3)C2)C1=O. The lowest BCUT2D eigenvalue weighted by Gasteiger charge is -2.23. The highest BCUT2D eigenvalue weighted by Gasteiger charge is 2.51. The summed E-state index contributed by atoms with van der Waals surface area (Å²) < 4.78 is 37.8. The summed E-state index contributed by atoms with van der Waals surface area (Å²) in [6, 6.07) is 4.68. The van der Waals surface area contributed by atoms with Gasteiger partial charge in [0.15, 0.2) is 0 Å². The molecule has 1 aromatic rings. The molecule has 7 heteroatoms. The number of alkyl halides is 3. The second-order valence-corrected chi connectivity index (χ2v) is 7.26. The first kappa shape index (κ1) is 18.7. The van der Waals surface area contributed by atoms with E-state index >= 15 is 0 Å². The molecule has 2 saturated heterocycles. The van der Waals surface area contributed by atoms with Crippen LogP contribution in [0.4, 0.5) is 13.2 Å². The van der Waals surface area contributed by atoms with E-state index in [1.165, 1.54) is 12.1 Å². The fraction of sp³-hybridized carbons (Fsp3) is 0.579. The van der Waals surface area contributed by atoms with E-state index < -0.39 is 17.2 Å². The molecule has 2 heterocycles. The zero-order chi connectivity index (χ0) is 18.9. The Kier molecular flexibility index (Phi) is 4.99. The van der Waals surface area contributed by atoms with Crippen LogP contribution in [0, 0.1) is 5.41 Å². The van der Waals surface area contributed by atoms with E-state index in [4.69, 9.17) is 0 Å². The first-order valence-electron chi connectivity index (χ1n) is 8.98. The molecule has 142 valence electrons. The van der Waals surface area contributed by atoms with Gasteiger partial charge >= 0.3 is 6.18 Å². The molecular weight excluding hydrogens is 345 g/mol. The fourth-order valence-electron chi connectivity index (χ4n) is 3.94. The number of benzene rings is 1. The van der Waals surface area contributed by atoms with Crippen LogP contribution in [-0.4, -0.2) is 47.8 Å². The molecule has 0 radical (unpaired) electrons. The minimum Gasteiger partial charge on any atom is -0.342 e. The third kappa shape index (κ3) is 3.57. The molecule has 2 amide bonds. The van der Waals surface area contributed by atoms with Gasteiger partial charge < -0.3 is 9.80 Å². The van der Waals surface area contributed by atoms with Gasteiger partial charge in [-0.25, -0.2) is 0 Å². The molecule has 0 saturated carbocycles. The highest BCUT2D eigenvalue weighted by molar-refractivity contribution is 5.87. The Balaban J connectivity index is 1.61. The van der Waals surface area contributed by atoms with Crippen molar-refractivity contribution < 1.29 is 22.8 Å². The number of rotatable bonds is 4. The van der Waals surface area contributed by atoms with Crippen LogP contribution >= 0.6 is 0 Å². The van der Waals surface area contributed by atoms with E-state index in [1.807, 2.05) is 11.8 Å². The molecular formula is C19H23F3N2O2. The second kappa shape index (κ2) is 6.93. The van der Waals surface area contributed by atoms with Crippen LogP contribution in [0.25, 0.3) is 0 Å². The van der Waals surface area contributed by atoms with Gasteiger partial charge in [0.1, 0.15) is 0 Å². The average Bonchev–Trinajstić information content (AvgIpc) is 3.15. The molecule has 2 aliphatic rings. The molecule has 0 bridgehead atoms. The summed E-state index contributed by atoms with van der Waals surface area (Å²) in [5, 5.41) is 0. The van der Waals surface area contributed by atoms with Crippen LogP contribution in [0.15, 0.2) is 24.3 Å². The molecule has 0 N–H and O–H groups in total. The summed E-state index contributed by atoms with van der Waals surface area (Å²) in [5.41, 5.74) is -0.624. The number of carbonyl (C=O) groups is 2. The minimum atomic E-state index is -4.38. The van der Waals surface area contributed by atoms with Gasteiger partial charge in [0, 0.05) is 26.2 Å². The lowest BCUT2D eigenvalue weighted by molar-refractivity contribution is -0.138. The van der Waals surface area contributed by atoms with Crippen LogP contribution in [-0.2, 0) is 22.2 Å². The van der Waals surface area contributed by atoms with Crippen LogP contribution in [0.2, 0.25) is 0 Å². The summed E-state index contributed by atoms with van der Waals surface area (Å²) in [4.78, 5) is 28.8. The fourth-order valence-corrected chi connectivity index (χ4v) is 3.94. The van der Waals surface area contributed by atoms with Crippen LogP contribution in [0.1, 0.15) is 37.3 Å². The third-order valence-electron chi connectivity index (χ3n) is 5.44. The molecule has 1 unspecified atom stereocenters. The van der Waals surface area contributed by atoms with Gasteiger partial charge in [0.05, 0.1) is 17.4 Å². The maximum absolute atomic E-state index is 12.7. The summed E-state index contributed by atoms with van der Waals surface area (Å²) in [5.74, 6) is 0.00700. The Morgan fingerprint density at radius 1 is 1.15 bits per heavy atom. The van der Waals surface area contributed by atoms with E-state index in [1.54, 1.807) is 4.90 Å². The third-order valence-corrected chi connectivity index (χ3v) is 5.44. The van der Waals surface area contributed by atoms with Gasteiger partial charge in [-0.1, -0.05) is 19.1 Å². The van der Waals surface area contributed by atoms with Crippen molar-refractivity contribution >= 4 is 11.8 Å². The number of hydrogen-bond acceptors (Lipinski definition) is 2. The van der Waals surface area contributed by atoms with Crippen molar-refractivity contribution in [1.29, 1.82) is 0 Å². The van der Waals surface area contributed by atoms with E-state index in [-0.39, 0.29) is 18.2 Å². The number of carbonyl (C=O) groups excluding carboxylic acids is 2. The number of hydrogen-bond donors (Lipinski definition) is 0. The molecule has 2 fully saturated rings. The Labute approximate surface area is 151 Å². The molecule has 3 rings (SSSR count). The normalized spacial score (nSPS) is 23.3. The predicted molar refractivity (Wildman–Crippen MR) is 90.3 cm³/mol. The molecule has 1 atom stereocenters. The van der Waals surface area contributed by atoms with E-state index in [2.05, 4.69) is 0 Å². The number of likely N-dealkylation sites (tertiary alicyclic amines) is 2. The van der Waals surface area contributed by atoms with Crippen molar-refractivity contribution in [3.05, 3.63) is 35.4 Å². The van der Waals surface area contributed by atoms with Gasteiger partial charge in [-0.3, -0.25) is 9.59 Å². The minimum absolute atomic E-state index is 0.0566. The van der Waals surface area contributed by atoms with E-state index in [9.17, 15) is 22.8 Å². The Bertz CT molecular complexity index is 687. The molecule has 4 nitrogen and oxygen atoms in total. The van der Waals surface area contributed by atoms with Crippen molar-refractivity contribution in [1.82, 2.24) is 9.80 Å². The molecule has 1 aromatic carbocycles. The number of amides is 2. The summed E-state index contributed by atoms with van der Waals surface area (Å²) in [7, 11) is 0. The summed E-state index contributed by atoms with van der Waals surface area (Å²) in [6.45, 7) is 4.48. The Hall–Kier alpha value is -2.05. The first-order valence-corrected chi connectivity index (χ1v) is 8.98. The molecule has 2 aliphatic heterocycles. The molecule has 0 aliphatic carbocycles. The molecule has 1 spiro atoms. The lowest BCUT2D eigenvalue weighted by Crippen LogP contribution is -2.38. The van der Waals surface area contributed by atoms with Gasteiger partial charge in [-0.15, -0.1) is 0 Å². The standard InChI is InChI=1S/C19H23F3N2O2/c1-2-9-23-10-7-18(17(23)26)8-11-24(13-18)16(25)12-14-3-5-15(6-4-14)19(20,21)22/h3-6H,2,7-13H2,1H3. The van der Waals surface area contributed by atoms with Crippen LogP contribution in [0.3, 0.4) is 0 Å². The van der Waals surface area contributed by atoms with E-state index in [0.717, 1.165) is 38.1 Å². The topological polar surface area (TPSA) is 40.6 Å². The maximum Gasteiger partial charge on any atom is 0.416 e. The van der Waals surface area contributed by atoms with Gasteiger partial charge in [-0.05, 0) is 37.0 Å². The average molecular weight is 368 g/mol. The van der Waals surface area contributed by atoms with Gasteiger partial charge in [-0.2, -0.15) is 13.2 Å². The monoisotopic (exact) mass is 368 g/mol. The van der Waals surface area contributed by atoms with Crippen molar-refractivity contribution in [2.45, 2.75) is 38.8 Å². The Morgan fingerprint density at radius 2 is 1.81 bits per heavy atom. The quantitative estimate of drug-likeness (QED) is 0.819. The van der Waals surface area contributed by atoms with Crippen molar-refractivity contribution in [2.24, 2.45) is 5.41 Å². The Morgan fingerprint density at radius 3 is 2.42 bits per heavy atom. The van der Waals surface area contributed by atoms with Gasteiger partial charge in [0.2, 0.25) is 11.8 Å². The van der Waals surface area contributed by atoms with Gasteiger partial charge in [0.25, 0.3) is 0 Å². The summed E-state index contributed by atoms with van der Waals surface area (Å²) >= 11 is 0. The smallest absolute Gasteiger partial charge is 0.342 e. The zero-order valence-electron chi connectivity index (χ0n) is 14.8. The second-order valence-electron chi connectivity index (χ2n) is 7.26. The highest BCUT2D eigenvalue weighted by atomic mass is 19.4. The predicted octanol–water partition coefficient (Wildman–Crippen LogP) is 3.11. The highest BCUT2D eigenvalue weighted by Crippen LogP contribution is 2.40. The van der Waals surface area contributed by atoms with Crippen LogP contribution < -0.4 is 0 Å². The molecule has 26 heavy (non-hydrogen) atoms. The van der Waals surface area contributed by atoms with Crippen molar-refractivity contribution in [3.63, 3.8) is 0 Å². The van der Waals surface area contributed by atoms with E-state index in [0.29, 0.717) is 25.1 Å². The number of halogens is 3. The van der Waals surface area contributed by atoms with Crippen molar-refractivity contribution in [2.75, 3.05) is 26.2 Å². The first-order chi connectivity index (χ1) is 12.2. The largest absolute Gasteiger partial charge is 0.416 e. The maximum atomic E-state index is 12.7. The number of nitrogens with zero attached hydrogens (tertiary/aromatic N) is 2. The zero-order valence-corrected chi connectivity index (χ0v) is 14.8. The van der Waals surface area contributed by atoms with Crippen LogP contribution in [0.5, 0.6) is 0 Å².